The number of aromatic nitrogens is 1. The summed E-state index contributed by atoms with van der Waals surface area (Å²) in [4.78, 5) is 9.76. The molecule has 3 aromatic carbocycles. The van der Waals surface area contributed by atoms with Crippen molar-refractivity contribution >= 4 is 22.6 Å². The number of oxazole rings is 1. The van der Waals surface area contributed by atoms with Crippen molar-refractivity contribution in [2.45, 2.75) is 43.9 Å². The van der Waals surface area contributed by atoms with Gasteiger partial charge in [-0.2, -0.15) is 0 Å². The Kier molecular flexibility index (Phi) is 4.46. The van der Waals surface area contributed by atoms with Gasteiger partial charge in [0.15, 0.2) is 5.58 Å². The average molecular weight is 449 g/mol. The molecule has 1 aliphatic heterocycles. The fourth-order valence-corrected chi connectivity index (χ4v) is 5.45. The molecule has 0 spiro atoms. The average Bonchev–Trinajstić information content (AvgIpc) is 3.57. The van der Waals surface area contributed by atoms with Crippen molar-refractivity contribution in [1.29, 1.82) is 0 Å². The summed E-state index contributed by atoms with van der Waals surface area (Å²) in [6.45, 7) is 0. The molecule has 0 bridgehead atoms. The standard InChI is InChI=1S/C29H24N2O3/c32-23-13-4-3-11-22(23)29-31-26-21(12-6-14-24(26)33-29)17-8-5-9-19(15-17)28-30-27-20-10-2-1-7-18(20)16-25(27)34-28/h1-2,5-12,14-15,23,25,27,32H,3-4,13,16H2/t23-,25+,27-/m0/s1. The summed E-state index contributed by atoms with van der Waals surface area (Å²) in [6, 6.07) is 22.8. The Morgan fingerprint density at radius 1 is 0.941 bits per heavy atom. The largest absolute Gasteiger partial charge is 0.471 e. The molecule has 0 radical (unpaired) electrons. The van der Waals surface area contributed by atoms with E-state index in [0.717, 1.165) is 59.0 Å². The van der Waals surface area contributed by atoms with Gasteiger partial charge in [0.2, 0.25) is 11.8 Å². The highest BCUT2D eigenvalue weighted by molar-refractivity contribution is 5.98. The smallest absolute Gasteiger partial charge is 0.225 e. The number of allylic oxidation sites excluding steroid dienone is 1. The van der Waals surface area contributed by atoms with Gasteiger partial charge in [0.25, 0.3) is 0 Å². The van der Waals surface area contributed by atoms with Crippen LogP contribution in [0.1, 0.15) is 47.9 Å². The predicted molar refractivity (Wildman–Crippen MR) is 132 cm³/mol. The van der Waals surface area contributed by atoms with E-state index in [2.05, 4.69) is 42.5 Å². The van der Waals surface area contributed by atoms with Gasteiger partial charge in [-0.25, -0.2) is 9.98 Å². The zero-order valence-corrected chi connectivity index (χ0v) is 18.6. The van der Waals surface area contributed by atoms with Gasteiger partial charge in [-0.15, -0.1) is 0 Å². The molecule has 1 aromatic heterocycles. The van der Waals surface area contributed by atoms with Crippen molar-refractivity contribution in [3.8, 4) is 11.1 Å². The second-order valence-electron chi connectivity index (χ2n) is 9.30. The summed E-state index contributed by atoms with van der Waals surface area (Å²) in [6.07, 6.45) is 5.17. The molecule has 0 saturated carbocycles. The highest BCUT2D eigenvalue weighted by atomic mass is 16.5. The zero-order chi connectivity index (χ0) is 22.6. The molecule has 5 heteroatoms. The van der Waals surface area contributed by atoms with Gasteiger partial charge in [-0.05, 0) is 54.2 Å². The number of ether oxygens (including phenoxy) is 1. The molecular formula is C29H24N2O3. The third-order valence-corrected chi connectivity index (χ3v) is 7.16. The van der Waals surface area contributed by atoms with E-state index in [9.17, 15) is 5.11 Å². The first-order chi connectivity index (χ1) is 16.7. The topological polar surface area (TPSA) is 67.9 Å². The first-order valence-corrected chi connectivity index (χ1v) is 12.0. The van der Waals surface area contributed by atoms with Crippen molar-refractivity contribution in [3.05, 3.63) is 95.4 Å². The number of hydrogen-bond acceptors (Lipinski definition) is 5. The molecule has 0 amide bonds. The van der Waals surface area contributed by atoms with Crippen LogP contribution in [0.15, 0.2) is 82.2 Å². The number of fused-ring (bicyclic) bond motifs is 4. The molecule has 1 N–H and O–H groups in total. The van der Waals surface area contributed by atoms with Crippen molar-refractivity contribution in [2.75, 3.05) is 0 Å². The Labute approximate surface area is 197 Å². The molecule has 5 nitrogen and oxygen atoms in total. The molecule has 0 saturated heterocycles. The minimum atomic E-state index is -0.518. The molecule has 3 aliphatic rings. The highest BCUT2D eigenvalue weighted by Crippen LogP contribution is 2.41. The summed E-state index contributed by atoms with van der Waals surface area (Å²) >= 11 is 0. The van der Waals surface area contributed by atoms with Gasteiger partial charge < -0.3 is 14.3 Å². The van der Waals surface area contributed by atoms with Gasteiger partial charge in [0.05, 0.1) is 6.10 Å². The SMILES string of the molecule is O[C@H]1CCCC=C1c1nc2c(-c3cccc(C4=N[C@H]5c6ccccc6C[C@H]5O4)c3)cccc2o1. The second kappa shape index (κ2) is 7.67. The van der Waals surface area contributed by atoms with E-state index in [1.54, 1.807) is 0 Å². The molecule has 7 rings (SSSR count). The van der Waals surface area contributed by atoms with Crippen LogP contribution in [0.5, 0.6) is 0 Å². The number of benzene rings is 3. The lowest BCUT2D eigenvalue weighted by molar-refractivity contribution is 0.206. The van der Waals surface area contributed by atoms with Crippen LogP contribution in [0, 0.1) is 0 Å². The molecule has 2 aliphatic carbocycles. The molecule has 0 fully saturated rings. The van der Waals surface area contributed by atoms with E-state index in [4.69, 9.17) is 19.1 Å². The third-order valence-electron chi connectivity index (χ3n) is 7.16. The number of hydrogen-bond donors (Lipinski definition) is 1. The monoisotopic (exact) mass is 448 g/mol. The van der Waals surface area contributed by atoms with Crippen LogP contribution < -0.4 is 0 Å². The van der Waals surface area contributed by atoms with Gasteiger partial charge in [-0.1, -0.05) is 54.6 Å². The Morgan fingerprint density at radius 2 is 1.82 bits per heavy atom. The number of nitrogens with zero attached hydrogens (tertiary/aromatic N) is 2. The molecule has 168 valence electrons. The fourth-order valence-electron chi connectivity index (χ4n) is 5.45. The van der Waals surface area contributed by atoms with E-state index in [0.29, 0.717) is 11.8 Å². The molecule has 2 heterocycles. The molecule has 34 heavy (non-hydrogen) atoms. The Morgan fingerprint density at radius 3 is 2.76 bits per heavy atom. The van der Waals surface area contributed by atoms with Crippen molar-refractivity contribution < 1.29 is 14.3 Å². The Hall–Kier alpha value is -3.70. The Balaban J connectivity index is 1.26. The first-order valence-electron chi connectivity index (χ1n) is 12.0. The molecule has 0 unspecified atom stereocenters. The van der Waals surface area contributed by atoms with Crippen LogP contribution in [-0.4, -0.2) is 28.2 Å². The van der Waals surface area contributed by atoms with Crippen LogP contribution in [0.4, 0.5) is 0 Å². The summed E-state index contributed by atoms with van der Waals surface area (Å²) < 4.78 is 12.4. The minimum Gasteiger partial charge on any atom is -0.471 e. The predicted octanol–water partition coefficient (Wildman–Crippen LogP) is 5.87. The number of aliphatic imine (C=N–C) groups is 1. The first kappa shape index (κ1) is 19.7. The van der Waals surface area contributed by atoms with Crippen LogP contribution in [0.2, 0.25) is 0 Å². The fraction of sp³-hybridized carbons (Fsp3) is 0.241. The maximum Gasteiger partial charge on any atom is 0.225 e. The summed E-state index contributed by atoms with van der Waals surface area (Å²) in [5.41, 5.74) is 7.91. The number of aliphatic hydroxyl groups is 1. The number of aliphatic hydroxyl groups excluding tert-OH is 1. The van der Waals surface area contributed by atoms with Crippen LogP contribution in [-0.2, 0) is 11.2 Å². The maximum atomic E-state index is 10.4. The summed E-state index contributed by atoms with van der Waals surface area (Å²) in [5.74, 6) is 1.22. The number of rotatable bonds is 3. The van der Waals surface area contributed by atoms with Gasteiger partial charge in [0, 0.05) is 23.1 Å². The lowest BCUT2D eigenvalue weighted by Gasteiger charge is -2.16. The highest BCUT2D eigenvalue weighted by Gasteiger charge is 2.39. The van der Waals surface area contributed by atoms with Crippen molar-refractivity contribution in [3.63, 3.8) is 0 Å². The Bertz CT molecular complexity index is 1480. The zero-order valence-electron chi connectivity index (χ0n) is 18.6. The normalized spacial score (nSPS) is 23.3. The number of para-hydroxylation sites is 1. The van der Waals surface area contributed by atoms with E-state index in [1.165, 1.54) is 11.1 Å². The molecule has 3 atom stereocenters. The van der Waals surface area contributed by atoms with Crippen LogP contribution in [0.25, 0.3) is 27.8 Å². The third kappa shape index (κ3) is 3.11. The lowest BCUT2D eigenvalue weighted by Crippen LogP contribution is -2.13. The van der Waals surface area contributed by atoms with Crippen molar-refractivity contribution in [1.82, 2.24) is 4.98 Å². The van der Waals surface area contributed by atoms with E-state index >= 15 is 0 Å². The van der Waals surface area contributed by atoms with Gasteiger partial charge in [0.1, 0.15) is 17.7 Å². The summed E-state index contributed by atoms with van der Waals surface area (Å²) in [7, 11) is 0. The van der Waals surface area contributed by atoms with Crippen molar-refractivity contribution in [2.24, 2.45) is 4.99 Å². The van der Waals surface area contributed by atoms with Gasteiger partial charge in [-0.3, -0.25) is 0 Å². The summed E-state index contributed by atoms with van der Waals surface area (Å²) in [5, 5.41) is 10.4. The van der Waals surface area contributed by atoms with Crippen LogP contribution in [0.3, 0.4) is 0 Å². The van der Waals surface area contributed by atoms with E-state index in [-0.39, 0.29) is 12.1 Å². The lowest BCUT2D eigenvalue weighted by atomic mass is 9.96. The van der Waals surface area contributed by atoms with Gasteiger partial charge >= 0.3 is 0 Å². The van der Waals surface area contributed by atoms with E-state index < -0.39 is 6.10 Å². The minimum absolute atomic E-state index is 0.0755. The van der Waals surface area contributed by atoms with Crippen LogP contribution >= 0.6 is 0 Å². The second-order valence-corrected chi connectivity index (χ2v) is 9.30. The quantitative estimate of drug-likeness (QED) is 0.426. The maximum absolute atomic E-state index is 10.4. The molecular weight excluding hydrogens is 424 g/mol. The van der Waals surface area contributed by atoms with E-state index in [1.807, 2.05) is 30.3 Å². The molecule has 4 aromatic rings.